The SMILES string of the molecule is OC1(c2ccccc2Cl)CCNCC1. The predicted molar refractivity (Wildman–Crippen MR) is 57.5 cm³/mol. The number of benzene rings is 1. The van der Waals surface area contributed by atoms with Gasteiger partial charge < -0.3 is 10.4 Å². The Morgan fingerprint density at radius 3 is 2.50 bits per heavy atom. The summed E-state index contributed by atoms with van der Waals surface area (Å²) in [7, 11) is 0. The summed E-state index contributed by atoms with van der Waals surface area (Å²) >= 11 is 6.07. The van der Waals surface area contributed by atoms with Gasteiger partial charge in [-0.25, -0.2) is 0 Å². The second-order valence-electron chi connectivity index (χ2n) is 3.76. The molecular weight excluding hydrogens is 198 g/mol. The topological polar surface area (TPSA) is 32.3 Å². The molecule has 2 rings (SSSR count). The van der Waals surface area contributed by atoms with Crippen molar-refractivity contribution in [3.8, 4) is 0 Å². The summed E-state index contributed by atoms with van der Waals surface area (Å²) in [6.07, 6.45) is 1.47. The molecule has 3 heteroatoms. The van der Waals surface area contributed by atoms with Crippen LogP contribution in [0.15, 0.2) is 24.3 Å². The molecular formula is C11H14ClNO. The number of hydrogen-bond donors (Lipinski definition) is 2. The Kier molecular flexibility index (Phi) is 2.77. The van der Waals surface area contributed by atoms with Crippen LogP contribution in [0.25, 0.3) is 0 Å². The molecule has 0 atom stereocenters. The average Bonchev–Trinajstić information content (AvgIpc) is 2.19. The van der Waals surface area contributed by atoms with Crippen LogP contribution in [0.1, 0.15) is 18.4 Å². The van der Waals surface area contributed by atoms with Gasteiger partial charge in [-0.3, -0.25) is 0 Å². The third-order valence-electron chi connectivity index (χ3n) is 2.81. The number of halogens is 1. The van der Waals surface area contributed by atoms with Gasteiger partial charge in [-0.15, -0.1) is 0 Å². The van der Waals surface area contributed by atoms with Crippen molar-refractivity contribution in [2.24, 2.45) is 0 Å². The fourth-order valence-corrected chi connectivity index (χ4v) is 2.26. The molecule has 0 saturated carbocycles. The Morgan fingerprint density at radius 1 is 1.21 bits per heavy atom. The predicted octanol–water partition coefficient (Wildman–Crippen LogP) is 1.91. The van der Waals surface area contributed by atoms with Crippen LogP contribution in [0.3, 0.4) is 0 Å². The first kappa shape index (κ1) is 9.97. The fourth-order valence-electron chi connectivity index (χ4n) is 1.95. The van der Waals surface area contributed by atoms with Crippen LogP contribution in [0.2, 0.25) is 5.02 Å². The summed E-state index contributed by atoms with van der Waals surface area (Å²) < 4.78 is 0. The van der Waals surface area contributed by atoms with Crippen molar-refractivity contribution in [1.82, 2.24) is 5.32 Å². The average molecular weight is 212 g/mol. The van der Waals surface area contributed by atoms with E-state index in [1.165, 1.54) is 0 Å². The molecule has 0 bridgehead atoms. The maximum atomic E-state index is 10.4. The second-order valence-corrected chi connectivity index (χ2v) is 4.17. The van der Waals surface area contributed by atoms with E-state index in [1.807, 2.05) is 24.3 Å². The highest BCUT2D eigenvalue weighted by atomic mass is 35.5. The monoisotopic (exact) mass is 211 g/mol. The van der Waals surface area contributed by atoms with Crippen molar-refractivity contribution in [1.29, 1.82) is 0 Å². The molecule has 0 unspecified atom stereocenters. The molecule has 0 spiro atoms. The summed E-state index contributed by atoms with van der Waals surface area (Å²) in [5.74, 6) is 0. The molecule has 1 aliphatic rings. The second kappa shape index (κ2) is 3.89. The molecule has 2 nitrogen and oxygen atoms in total. The third kappa shape index (κ3) is 1.78. The lowest BCUT2D eigenvalue weighted by molar-refractivity contribution is 0.00604. The smallest absolute Gasteiger partial charge is 0.0935 e. The summed E-state index contributed by atoms with van der Waals surface area (Å²) in [5.41, 5.74) is 0.131. The highest BCUT2D eigenvalue weighted by molar-refractivity contribution is 6.31. The van der Waals surface area contributed by atoms with Gasteiger partial charge in [-0.1, -0.05) is 29.8 Å². The molecule has 1 saturated heterocycles. The normalized spacial score (nSPS) is 20.7. The van der Waals surface area contributed by atoms with Crippen LogP contribution in [-0.2, 0) is 5.60 Å². The summed E-state index contributed by atoms with van der Waals surface area (Å²) in [5, 5.41) is 14.3. The molecule has 0 aromatic heterocycles. The van der Waals surface area contributed by atoms with Crippen LogP contribution >= 0.6 is 11.6 Å². The van der Waals surface area contributed by atoms with Gasteiger partial charge in [0.05, 0.1) is 5.60 Å². The minimum atomic E-state index is -0.733. The van der Waals surface area contributed by atoms with E-state index in [0.29, 0.717) is 5.02 Å². The van der Waals surface area contributed by atoms with Crippen molar-refractivity contribution in [2.45, 2.75) is 18.4 Å². The minimum absolute atomic E-state index is 0.664. The largest absolute Gasteiger partial charge is 0.385 e. The Bertz CT molecular complexity index is 321. The highest BCUT2D eigenvalue weighted by Crippen LogP contribution is 2.34. The zero-order chi connectivity index (χ0) is 10.0. The van der Waals surface area contributed by atoms with E-state index >= 15 is 0 Å². The Balaban J connectivity index is 2.32. The van der Waals surface area contributed by atoms with Crippen LogP contribution in [0, 0.1) is 0 Å². The zero-order valence-corrected chi connectivity index (χ0v) is 8.72. The maximum Gasteiger partial charge on any atom is 0.0935 e. The summed E-state index contributed by atoms with van der Waals surface area (Å²) in [6, 6.07) is 7.54. The molecule has 2 N–H and O–H groups in total. The van der Waals surface area contributed by atoms with Gasteiger partial charge in [-0.2, -0.15) is 0 Å². The molecule has 1 aromatic carbocycles. The quantitative estimate of drug-likeness (QED) is 0.744. The Labute approximate surface area is 88.9 Å². The minimum Gasteiger partial charge on any atom is -0.385 e. The van der Waals surface area contributed by atoms with Gasteiger partial charge >= 0.3 is 0 Å². The van der Waals surface area contributed by atoms with Crippen LogP contribution in [0.4, 0.5) is 0 Å². The van der Waals surface area contributed by atoms with Crippen molar-refractivity contribution in [3.63, 3.8) is 0 Å². The van der Waals surface area contributed by atoms with E-state index in [9.17, 15) is 5.11 Å². The fraction of sp³-hybridized carbons (Fsp3) is 0.455. The van der Waals surface area contributed by atoms with Gasteiger partial charge in [0, 0.05) is 10.6 Å². The number of nitrogens with one attached hydrogen (secondary N) is 1. The molecule has 14 heavy (non-hydrogen) atoms. The Hall–Kier alpha value is -0.570. The lowest BCUT2D eigenvalue weighted by Crippen LogP contribution is -2.39. The first-order valence-electron chi connectivity index (χ1n) is 4.90. The number of piperidine rings is 1. The molecule has 1 aliphatic heterocycles. The van der Waals surface area contributed by atoms with Crippen molar-refractivity contribution in [3.05, 3.63) is 34.9 Å². The molecule has 76 valence electrons. The van der Waals surface area contributed by atoms with Gasteiger partial charge in [0.15, 0.2) is 0 Å². The number of hydrogen-bond acceptors (Lipinski definition) is 2. The number of rotatable bonds is 1. The van der Waals surface area contributed by atoms with Crippen LogP contribution in [0.5, 0.6) is 0 Å². The maximum absolute atomic E-state index is 10.4. The standard InChI is InChI=1S/C11H14ClNO/c12-10-4-2-1-3-9(10)11(14)5-7-13-8-6-11/h1-4,13-14H,5-8H2. The van der Waals surface area contributed by atoms with Gasteiger partial charge in [-0.05, 0) is 32.0 Å². The molecule has 1 fully saturated rings. The lowest BCUT2D eigenvalue weighted by Gasteiger charge is -2.33. The molecule has 0 aliphatic carbocycles. The highest BCUT2D eigenvalue weighted by Gasteiger charge is 2.32. The van der Waals surface area contributed by atoms with Gasteiger partial charge in [0.25, 0.3) is 0 Å². The third-order valence-corrected chi connectivity index (χ3v) is 3.14. The molecule has 0 radical (unpaired) electrons. The van der Waals surface area contributed by atoms with E-state index in [1.54, 1.807) is 0 Å². The van der Waals surface area contributed by atoms with E-state index in [0.717, 1.165) is 31.5 Å². The van der Waals surface area contributed by atoms with E-state index in [-0.39, 0.29) is 0 Å². The van der Waals surface area contributed by atoms with Crippen molar-refractivity contribution in [2.75, 3.05) is 13.1 Å². The lowest BCUT2D eigenvalue weighted by atomic mass is 9.85. The molecule has 1 heterocycles. The zero-order valence-electron chi connectivity index (χ0n) is 7.96. The van der Waals surface area contributed by atoms with E-state index in [2.05, 4.69) is 5.32 Å². The molecule has 0 amide bonds. The first-order chi connectivity index (χ1) is 6.72. The summed E-state index contributed by atoms with van der Waals surface area (Å²) in [6.45, 7) is 1.70. The van der Waals surface area contributed by atoms with Crippen LogP contribution < -0.4 is 5.32 Å². The first-order valence-corrected chi connectivity index (χ1v) is 5.28. The van der Waals surface area contributed by atoms with E-state index < -0.39 is 5.60 Å². The van der Waals surface area contributed by atoms with E-state index in [4.69, 9.17) is 11.6 Å². The molecule has 1 aromatic rings. The van der Waals surface area contributed by atoms with Crippen molar-refractivity contribution >= 4 is 11.6 Å². The van der Waals surface area contributed by atoms with Crippen LogP contribution in [-0.4, -0.2) is 18.2 Å². The Morgan fingerprint density at radius 2 is 1.86 bits per heavy atom. The summed E-state index contributed by atoms with van der Waals surface area (Å²) in [4.78, 5) is 0. The van der Waals surface area contributed by atoms with Crippen molar-refractivity contribution < 1.29 is 5.11 Å². The number of aliphatic hydroxyl groups is 1. The van der Waals surface area contributed by atoms with Gasteiger partial charge in [0.2, 0.25) is 0 Å². The van der Waals surface area contributed by atoms with Gasteiger partial charge in [0.1, 0.15) is 0 Å².